The Bertz CT molecular complexity index is 128. The first kappa shape index (κ1) is 6.83. The summed E-state index contributed by atoms with van der Waals surface area (Å²) in [6.45, 7) is 1.18. The van der Waals surface area contributed by atoms with Crippen LogP contribution in [-0.2, 0) is 4.79 Å². The van der Waals surface area contributed by atoms with Crippen molar-refractivity contribution in [2.75, 3.05) is 13.1 Å². The monoisotopic (exact) mass is 149 g/mol. The van der Waals surface area contributed by atoms with Gasteiger partial charge >= 0.3 is 5.97 Å². The normalized spacial score (nSPS) is 28.8. The second-order valence-electron chi connectivity index (χ2n) is 2.19. The van der Waals surface area contributed by atoms with Gasteiger partial charge in [0.2, 0.25) is 0 Å². The van der Waals surface area contributed by atoms with E-state index in [0.29, 0.717) is 19.5 Å². The lowest BCUT2D eigenvalue weighted by molar-refractivity contribution is -0.141. The third-order valence-electron chi connectivity index (χ3n) is 1.49. The molecule has 0 unspecified atom stereocenters. The second-order valence-corrected chi connectivity index (χ2v) is 2.67. The second kappa shape index (κ2) is 2.54. The SMILES string of the molecule is O=C(O)[C@@H]1CCN(Cl)C1. The van der Waals surface area contributed by atoms with Gasteiger partial charge in [0.1, 0.15) is 0 Å². The molecular formula is C5H8ClNO2. The lowest BCUT2D eigenvalue weighted by Gasteiger charge is -2.01. The Kier molecular flexibility index (Phi) is 1.93. The van der Waals surface area contributed by atoms with Crippen molar-refractivity contribution >= 4 is 17.7 Å². The first-order valence-electron chi connectivity index (χ1n) is 2.83. The summed E-state index contributed by atoms with van der Waals surface area (Å²) < 4.78 is 1.51. The first-order chi connectivity index (χ1) is 4.20. The molecule has 4 heteroatoms. The van der Waals surface area contributed by atoms with Gasteiger partial charge in [0.05, 0.1) is 5.92 Å². The topological polar surface area (TPSA) is 40.5 Å². The zero-order valence-corrected chi connectivity index (χ0v) is 5.64. The van der Waals surface area contributed by atoms with E-state index in [-0.39, 0.29) is 5.92 Å². The molecule has 1 rings (SSSR count). The molecule has 0 aromatic carbocycles. The van der Waals surface area contributed by atoms with Crippen LogP contribution in [0.1, 0.15) is 6.42 Å². The summed E-state index contributed by atoms with van der Waals surface area (Å²) in [5.41, 5.74) is 0. The maximum Gasteiger partial charge on any atom is 0.307 e. The largest absolute Gasteiger partial charge is 0.481 e. The van der Waals surface area contributed by atoms with E-state index in [1.165, 1.54) is 4.42 Å². The van der Waals surface area contributed by atoms with Crippen LogP contribution in [-0.4, -0.2) is 28.6 Å². The van der Waals surface area contributed by atoms with E-state index in [2.05, 4.69) is 0 Å². The Morgan fingerprint density at radius 3 is 2.67 bits per heavy atom. The summed E-state index contributed by atoms with van der Waals surface area (Å²) in [7, 11) is 0. The van der Waals surface area contributed by atoms with E-state index in [4.69, 9.17) is 16.9 Å². The lowest BCUT2D eigenvalue weighted by atomic mass is 10.1. The highest BCUT2D eigenvalue weighted by molar-refractivity contribution is 6.13. The van der Waals surface area contributed by atoms with E-state index in [0.717, 1.165) is 0 Å². The number of rotatable bonds is 1. The van der Waals surface area contributed by atoms with Crippen LogP contribution in [0.3, 0.4) is 0 Å². The minimum atomic E-state index is -0.738. The van der Waals surface area contributed by atoms with Gasteiger partial charge in [-0.05, 0) is 18.2 Å². The number of carboxylic acid groups (broad SMARTS) is 1. The highest BCUT2D eigenvalue weighted by Crippen LogP contribution is 2.17. The summed E-state index contributed by atoms with van der Waals surface area (Å²) in [4.78, 5) is 10.3. The molecule has 0 radical (unpaired) electrons. The number of halogens is 1. The molecule has 52 valence electrons. The molecule has 1 heterocycles. The number of hydrogen-bond donors (Lipinski definition) is 1. The van der Waals surface area contributed by atoms with Crippen molar-refractivity contribution in [2.45, 2.75) is 6.42 Å². The summed E-state index contributed by atoms with van der Waals surface area (Å²) in [6.07, 6.45) is 0.679. The van der Waals surface area contributed by atoms with Crippen LogP contribution in [0.4, 0.5) is 0 Å². The molecule has 3 nitrogen and oxygen atoms in total. The van der Waals surface area contributed by atoms with Gasteiger partial charge < -0.3 is 5.11 Å². The molecule has 1 saturated heterocycles. The quantitative estimate of drug-likeness (QED) is 0.554. The molecular weight excluding hydrogens is 142 g/mol. The van der Waals surface area contributed by atoms with E-state index >= 15 is 0 Å². The highest BCUT2D eigenvalue weighted by atomic mass is 35.5. The molecule has 0 aromatic heterocycles. The van der Waals surface area contributed by atoms with Crippen LogP contribution in [0, 0.1) is 5.92 Å². The van der Waals surface area contributed by atoms with Crippen LogP contribution >= 0.6 is 11.8 Å². The Morgan fingerprint density at radius 2 is 2.44 bits per heavy atom. The third-order valence-corrected chi connectivity index (χ3v) is 1.79. The first-order valence-corrected chi connectivity index (χ1v) is 3.17. The van der Waals surface area contributed by atoms with Crippen molar-refractivity contribution in [3.63, 3.8) is 0 Å². The van der Waals surface area contributed by atoms with Gasteiger partial charge in [-0.3, -0.25) is 4.79 Å². The van der Waals surface area contributed by atoms with E-state index in [1.54, 1.807) is 0 Å². The molecule has 1 aliphatic rings. The molecule has 0 aliphatic carbocycles. The number of carbonyl (C=O) groups is 1. The van der Waals surface area contributed by atoms with Crippen LogP contribution in [0.2, 0.25) is 0 Å². The molecule has 1 atom stereocenters. The molecule has 0 amide bonds. The van der Waals surface area contributed by atoms with Gasteiger partial charge in [0.25, 0.3) is 0 Å². The van der Waals surface area contributed by atoms with Crippen molar-refractivity contribution in [3.8, 4) is 0 Å². The lowest BCUT2D eigenvalue weighted by Crippen LogP contribution is -2.15. The molecule has 1 fully saturated rings. The molecule has 1 aliphatic heterocycles. The standard InChI is InChI=1S/C5H8ClNO2/c6-7-2-1-4(3-7)5(8)9/h4H,1-3H2,(H,8,9)/t4-/m1/s1. The maximum absolute atomic E-state index is 10.3. The zero-order chi connectivity index (χ0) is 6.85. The predicted octanol–water partition coefficient (Wildman–Crippen LogP) is 0.547. The molecule has 0 spiro atoms. The smallest absolute Gasteiger partial charge is 0.307 e. The summed E-state index contributed by atoms with van der Waals surface area (Å²) in [5.74, 6) is -0.986. The third kappa shape index (κ3) is 1.56. The fraction of sp³-hybridized carbons (Fsp3) is 0.800. The van der Waals surface area contributed by atoms with Crippen LogP contribution < -0.4 is 0 Å². The summed E-state index contributed by atoms with van der Waals surface area (Å²) >= 11 is 5.52. The van der Waals surface area contributed by atoms with E-state index < -0.39 is 5.97 Å². The van der Waals surface area contributed by atoms with Crippen molar-refractivity contribution in [2.24, 2.45) is 5.92 Å². The fourth-order valence-corrected chi connectivity index (χ4v) is 1.18. The molecule has 9 heavy (non-hydrogen) atoms. The molecule has 0 aromatic rings. The Morgan fingerprint density at radius 1 is 1.78 bits per heavy atom. The maximum atomic E-state index is 10.3. The average molecular weight is 150 g/mol. The van der Waals surface area contributed by atoms with Gasteiger partial charge in [-0.2, -0.15) is 0 Å². The van der Waals surface area contributed by atoms with Gasteiger partial charge in [-0.25, -0.2) is 4.42 Å². The Balaban J connectivity index is 2.39. The highest BCUT2D eigenvalue weighted by Gasteiger charge is 2.26. The average Bonchev–Trinajstić information content (AvgIpc) is 2.14. The molecule has 0 saturated carbocycles. The predicted molar refractivity (Wildman–Crippen MR) is 33.2 cm³/mol. The van der Waals surface area contributed by atoms with Crippen LogP contribution in [0.5, 0.6) is 0 Å². The minimum Gasteiger partial charge on any atom is -0.481 e. The van der Waals surface area contributed by atoms with Gasteiger partial charge in [-0.1, -0.05) is 0 Å². The number of hydrogen-bond acceptors (Lipinski definition) is 2. The van der Waals surface area contributed by atoms with Gasteiger partial charge in [0, 0.05) is 13.1 Å². The summed E-state index contributed by atoms with van der Waals surface area (Å²) in [6, 6.07) is 0. The fourth-order valence-electron chi connectivity index (χ4n) is 0.919. The van der Waals surface area contributed by atoms with Crippen molar-refractivity contribution in [1.29, 1.82) is 0 Å². The van der Waals surface area contributed by atoms with Gasteiger partial charge in [0.15, 0.2) is 0 Å². The Labute approximate surface area is 58.3 Å². The van der Waals surface area contributed by atoms with Crippen molar-refractivity contribution in [1.82, 2.24) is 4.42 Å². The summed E-state index contributed by atoms with van der Waals surface area (Å²) in [5, 5.41) is 8.45. The number of aliphatic carboxylic acids is 1. The van der Waals surface area contributed by atoms with E-state index in [9.17, 15) is 4.79 Å². The van der Waals surface area contributed by atoms with Crippen LogP contribution in [0.15, 0.2) is 0 Å². The van der Waals surface area contributed by atoms with Crippen molar-refractivity contribution < 1.29 is 9.90 Å². The zero-order valence-electron chi connectivity index (χ0n) is 4.88. The number of nitrogens with zero attached hydrogens (tertiary/aromatic N) is 1. The van der Waals surface area contributed by atoms with Crippen molar-refractivity contribution in [3.05, 3.63) is 0 Å². The molecule has 1 N–H and O–H groups in total. The minimum absolute atomic E-state index is 0.248. The number of carboxylic acids is 1. The van der Waals surface area contributed by atoms with Gasteiger partial charge in [-0.15, -0.1) is 0 Å². The molecule has 0 bridgehead atoms. The van der Waals surface area contributed by atoms with E-state index in [1.807, 2.05) is 0 Å². The Hall–Kier alpha value is -0.280. The van der Waals surface area contributed by atoms with Crippen LogP contribution in [0.25, 0.3) is 0 Å².